The second-order valence-electron chi connectivity index (χ2n) is 10.2. The summed E-state index contributed by atoms with van der Waals surface area (Å²) in [5, 5.41) is 24.2. The smallest absolute Gasteiger partial charge is 0.417 e. The van der Waals surface area contributed by atoms with Gasteiger partial charge in [-0.3, -0.25) is 4.79 Å². The minimum atomic E-state index is -1.01. The second kappa shape index (κ2) is 12.8. The van der Waals surface area contributed by atoms with E-state index in [1.807, 2.05) is 30.3 Å². The Bertz CT molecular complexity index is 1500. The number of nitrogens with zero attached hydrogens (tertiary/aromatic N) is 1. The standard InChI is InChI=1S/C33H30F2N2O5/c34-24-10-6-22(7-11-24)30(39)19-18-28(32(40)37-29(20-42-33(37)41)21-4-2-1-3-5-21)31(23-8-16-27(38)17-9-23)36-26-14-12-25(35)13-15-26/h1-17,28-31,36,38-39H,18-20H2/t28-,29+,30-,31+/m0/s1. The summed E-state index contributed by atoms with van der Waals surface area (Å²) < 4.78 is 32.5. The third kappa shape index (κ3) is 6.58. The summed E-state index contributed by atoms with van der Waals surface area (Å²) in [5.41, 5.74) is 2.36. The quantitative estimate of drug-likeness (QED) is 0.196. The maximum Gasteiger partial charge on any atom is 0.417 e. The van der Waals surface area contributed by atoms with Crippen LogP contribution in [0.15, 0.2) is 103 Å². The normalized spacial score (nSPS) is 16.9. The Labute approximate surface area is 242 Å². The molecule has 3 N–H and O–H groups in total. The molecule has 5 rings (SSSR count). The van der Waals surface area contributed by atoms with Gasteiger partial charge < -0.3 is 20.3 Å². The van der Waals surface area contributed by atoms with E-state index in [2.05, 4.69) is 5.32 Å². The molecule has 0 bridgehead atoms. The van der Waals surface area contributed by atoms with Crippen molar-refractivity contribution in [2.75, 3.05) is 11.9 Å². The number of cyclic esters (lactones) is 1. The van der Waals surface area contributed by atoms with Crippen molar-refractivity contribution < 1.29 is 33.3 Å². The summed E-state index contributed by atoms with van der Waals surface area (Å²) in [6.45, 7) is -0.00518. The molecule has 0 spiro atoms. The van der Waals surface area contributed by atoms with E-state index >= 15 is 0 Å². The first-order valence-electron chi connectivity index (χ1n) is 13.6. The lowest BCUT2D eigenvalue weighted by atomic mass is 9.85. The number of halogens is 2. The lowest BCUT2D eigenvalue weighted by molar-refractivity contribution is -0.134. The van der Waals surface area contributed by atoms with Crippen LogP contribution in [0, 0.1) is 17.6 Å². The van der Waals surface area contributed by atoms with Crippen molar-refractivity contribution in [3.63, 3.8) is 0 Å². The van der Waals surface area contributed by atoms with Gasteiger partial charge in [0, 0.05) is 5.69 Å². The van der Waals surface area contributed by atoms with Crippen LogP contribution in [0.1, 0.15) is 47.7 Å². The Hall–Kier alpha value is -4.76. The van der Waals surface area contributed by atoms with Crippen LogP contribution in [-0.2, 0) is 9.53 Å². The third-order valence-corrected chi connectivity index (χ3v) is 7.44. The molecular weight excluding hydrogens is 542 g/mol. The number of carbonyl (C=O) groups excluding carboxylic acids is 2. The van der Waals surface area contributed by atoms with E-state index in [1.54, 1.807) is 12.1 Å². The van der Waals surface area contributed by atoms with Crippen LogP contribution < -0.4 is 5.32 Å². The first-order valence-corrected chi connectivity index (χ1v) is 13.6. The summed E-state index contributed by atoms with van der Waals surface area (Å²) in [6, 6.07) is 25.1. The first kappa shape index (κ1) is 28.8. The van der Waals surface area contributed by atoms with Gasteiger partial charge in [-0.05, 0) is 78.1 Å². The number of hydrogen-bond acceptors (Lipinski definition) is 6. The summed E-state index contributed by atoms with van der Waals surface area (Å²) >= 11 is 0. The molecule has 0 aliphatic carbocycles. The fourth-order valence-corrected chi connectivity index (χ4v) is 5.21. The average Bonchev–Trinajstić information content (AvgIpc) is 3.40. The van der Waals surface area contributed by atoms with Crippen molar-refractivity contribution >= 4 is 17.7 Å². The number of imide groups is 1. The highest BCUT2D eigenvalue weighted by Gasteiger charge is 2.44. The highest BCUT2D eigenvalue weighted by molar-refractivity contribution is 5.95. The Kier molecular flexibility index (Phi) is 8.78. The molecule has 7 nitrogen and oxygen atoms in total. The average molecular weight is 573 g/mol. The minimum Gasteiger partial charge on any atom is -0.508 e. The van der Waals surface area contributed by atoms with Crippen LogP contribution in [0.5, 0.6) is 5.75 Å². The van der Waals surface area contributed by atoms with Gasteiger partial charge >= 0.3 is 6.09 Å². The van der Waals surface area contributed by atoms with Crippen LogP contribution in [-0.4, -0.2) is 33.7 Å². The number of phenolic OH excluding ortho intramolecular Hbond substituents is 1. The van der Waals surface area contributed by atoms with Gasteiger partial charge in [0.25, 0.3) is 0 Å². The van der Waals surface area contributed by atoms with Crippen molar-refractivity contribution in [1.29, 1.82) is 0 Å². The predicted molar refractivity (Wildman–Crippen MR) is 152 cm³/mol. The van der Waals surface area contributed by atoms with E-state index in [1.165, 1.54) is 60.7 Å². The van der Waals surface area contributed by atoms with Crippen molar-refractivity contribution in [1.82, 2.24) is 4.90 Å². The number of rotatable bonds is 10. The van der Waals surface area contributed by atoms with Gasteiger partial charge in [-0.1, -0.05) is 54.6 Å². The number of ether oxygens (including phenoxy) is 1. The second-order valence-corrected chi connectivity index (χ2v) is 10.2. The van der Waals surface area contributed by atoms with Crippen molar-refractivity contribution in [3.8, 4) is 5.75 Å². The molecule has 1 aliphatic rings. The summed E-state index contributed by atoms with van der Waals surface area (Å²) in [4.78, 5) is 28.5. The zero-order valence-electron chi connectivity index (χ0n) is 22.6. The summed E-state index contributed by atoms with van der Waals surface area (Å²) in [5.74, 6) is -2.28. The van der Waals surface area contributed by atoms with Crippen molar-refractivity contribution in [2.24, 2.45) is 5.92 Å². The van der Waals surface area contributed by atoms with Gasteiger partial charge in [0.15, 0.2) is 0 Å². The van der Waals surface area contributed by atoms with Crippen LogP contribution >= 0.6 is 0 Å². The Morgan fingerprint density at radius 3 is 2.10 bits per heavy atom. The van der Waals surface area contributed by atoms with E-state index in [0.717, 1.165) is 10.5 Å². The largest absolute Gasteiger partial charge is 0.508 e. The molecule has 0 unspecified atom stereocenters. The monoisotopic (exact) mass is 572 g/mol. The van der Waals surface area contributed by atoms with Crippen LogP contribution in [0.3, 0.4) is 0 Å². The number of benzene rings is 4. The highest BCUT2D eigenvalue weighted by Crippen LogP contribution is 2.38. The SMILES string of the molecule is O=C1OC[C@H](c2ccccc2)N1C(=O)[C@@H](CC[C@H](O)c1ccc(F)cc1)[C@H](Nc1ccc(F)cc1)c1ccc(O)cc1. The molecule has 1 aliphatic heterocycles. The molecule has 4 atom stereocenters. The number of aliphatic hydroxyl groups excluding tert-OH is 1. The van der Waals surface area contributed by atoms with Gasteiger partial charge in [-0.2, -0.15) is 0 Å². The molecule has 1 saturated heterocycles. The molecule has 216 valence electrons. The highest BCUT2D eigenvalue weighted by atomic mass is 19.1. The summed E-state index contributed by atoms with van der Waals surface area (Å²) in [6.07, 6.45) is -1.56. The number of nitrogens with one attached hydrogen (secondary N) is 1. The first-order chi connectivity index (χ1) is 20.3. The van der Waals surface area contributed by atoms with E-state index in [-0.39, 0.29) is 25.2 Å². The lowest BCUT2D eigenvalue weighted by Gasteiger charge is -2.32. The number of phenols is 1. The van der Waals surface area contributed by atoms with Crippen LogP contribution in [0.4, 0.5) is 19.3 Å². The molecular formula is C33H30F2N2O5. The molecule has 9 heteroatoms. The predicted octanol–water partition coefficient (Wildman–Crippen LogP) is 6.67. The molecule has 4 aromatic carbocycles. The summed E-state index contributed by atoms with van der Waals surface area (Å²) in [7, 11) is 0. The Balaban J connectivity index is 1.53. The van der Waals surface area contributed by atoms with Gasteiger partial charge in [-0.25, -0.2) is 18.5 Å². The van der Waals surface area contributed by atoms with Gasteiger partial charge in [-0.15, -0.1) is 0 Å². The zero-order chi connectivity index (χ0) is 29.6. The zero-order valence-corrected chi connectivity index (χ0v) is 22.6. The molecule has 42 heavy (non-hydrogen) atoms. The molecule has 4 aromatic rings. The van der Waals surface area contributed by atoms with Gasteiger partial charge in [0.2, 0.25) is 5.91 Å². The molecule has 0 radical (unpaired) electrons. The number of hydrogen-bond donors (Lipinski definition) is 3. The van der Waals surface area contributed by atoms with E-state index < -0.39 is 47.7 Å². The van der Waals surface area contributed by atoms with Crippen LogP contribution in [0.25, 0.3) is 0 Å². The molecule has 0 saturated carbocycles. The van der Waals surface area contributed by atoms with Crippen molar-refractivity contribution in [2.45, 2.75) is 31.0 Å². The fourth-order valence-electron chi connectivity index (χ4n) is 5.21. The van der Waals surface area contributed by atoms with Gasteiger partial charge in [0.1, 0.15) is 30.0 Å². The number of anilines is 1. The number of carbonyl (C=O) groups is 2. The maximum atomic E-state index is 14.4. The van der Waals surface area contributed by atoms with E-state index in [9.17, 15) is 28.6 Å². The Morgan fingerprint density at radius 1 is 0.857 bits per heavy atom. The number of aliphatic hydroxyl groups is 1. The topological polar surface area (TPSA) is 99.1 Å². The molecule has 1 heterocycles. The van der Waals surface area contributed by atoms with E-state index in [4.69, 9.17) is 4.74 Å². The van der Waals surface area contributed by atoms with Crippen molar-refractivity contribution in [3.05, 3.63) is 131 Å². The maximum absolute atomic E-state index is 14.4. The number of amides is 2. The molecule has 0 aromatic heterocycles. The Morgan fingerprint density at radius 2 is 1.45 bits per heavy atom. The number of aromatic hydroxyl groups is 1. The van der Waals surface area contributed by atoms with E-state index in [0.29, 0.717) is 16.8 Å². The molecule has 1 fully saturated rings. The molecule has 2 amide bonds. The lowest BCUT2D eigenvalue weighted by Crippen LogP contribution is -2.42. The minimum absolute atomic E-state index is 0.00518. The third-order valence-electron chi connectivity index (χ3n) is 7.44. The fraction of sp³-hybridized carbons (Fsp3) is 0.212. The van der Waals surface area contributed by atoms with Gasteiger partial charge in [0.05, 0.1) is 18.1 Å². The van der Waals surface area contributed by atoms with Crippen LogP contribution in [0.2, 0.25) is 0 Å².